The third-order valence-electron chi connectivity index (χ3n) is 1.84. The topological polar surface area (TPSA) is 73.1 Å². The third-order valence-corrected chi connectivity index (χ3v) is 1.84. The number of aliphatic hydroxyl groups is 1. The standard InChI is InChI=1S/C7H10N2O2/c8-2-1-5-3-6(4-10)9-7(5)11/h5-6,10H,1,3-4H2,(H,9,11)/t5-,6-/m0/s1. The minimum absolute atomic E-state index is 0.0341. The number of nitrogens with one attached hydrogen (secondary N) is 1. The van der Waals surface area contributed by atoms with Gasteiger partial charge in [-0.05, 0) is 6.42 Å². The number of hydrogen-bond acceptors (Lipinski definition) is 3. The van der Waals surface area contributed by atoms with Crippen LogP contribution in [-0.2, 0) is 4.79 Å². The van der Waals surface area contributed by atoms with Gasteiger partial charge in [-0.15, -0.1) is 0 Å². The number of aliphatic hydroxyl groups excluding tert-OH is 1. The first-order valence-corrected chi connectivity index (χ1v) is 3.56. The van der Waals surface area contributed by atoms with E-state index < -0.39 is 0 Å². The molecule has 4 heteroatoms. The van der Waals surface area contributed by atoms with Crippen molar-refractivity contribution in [2.45, 2.75) is 18.9 Å². The summed E-state index contributed by atoms with van der Waals surface area (Å²) in [5.74, 6) is -0.317. The molecule has 0 radical (unpaired) electrons. The van der Waals surface area contributed by atoms with E-state index >= 15 is 0 Å². The largest absolute Gasteiger partial charge is 0.394 e. The van der Waals surface area contributed by atoms with Crippen LogP contribution < -0.4 is 5.32 Å². The lowest BCUT2D eigenvalue weighted by Gasteiger charge is -2.02. The molecule has 1 amide bonds. The van der Waals surface area contributed by atoms with Gasteiger partial charge in [0.25, 0.3) is 0 Å². The first-order chi connectivity index (χ1) is 5.27. The summed E-state index contributed by atoms with van der Waals surface area (Å²) in [6.07, 6.45) is 0.839. The maximum atomic E-state index is 11.0. The van der Waals surface area contributed by atoms with Crippen LogP contribution >= 0.6 is 0 Å². The number of nitrogens with zero attached hydrogens (tertiary/aromatic N) is 1. The smallest absolute Gasteiger partial charge is 0.224 e. The summed E-state index contributed by atoms with van der Waals surface area (Å²) in [7, 11) is 0. The zero-order valence-corrected chi connectivity index (χ0v) is 6.08. The summed E-state index contributed by atoms with van der Waals surface area (Å²) in [4.78, 5) is 11.0. The Morgan fingerprint density at radius 2 is 2.55 bits per heavy atom. The van der Waals surface area contributed by atoms with Crippen molar-refractivity contribution in [3.05, 3.63) is 0 Å². The molecule has 0 bridgehead atoms. The van der Waals surface area contributed by atoms with Crippen LogP contribution in [0.5, 0.6) is 0 Å². The lowest BCUT2D eigenvalue weighted by atomic mass is 10.0. The lowest BCUT2D eigenvalue weighted by molar-refractivity contribution is -0.122. The molecule has 0 aromatic carbocycles. The highest BCUT2D eigenvalue weighted by Crippen LogP contribution is 2.17. The molecule has 1 aliphatic heterocycles. The number of carbonyl (C=O) groups excluding carboxylic acids is 1. The Bertz CT molecular complexity index is 197. The summed E-state index contributed by atoms with van der Waals surface area (Å²) < 4.78 is 0. The predicted molar refractivity (Wildman–Crippen MR) is 37.4 cm³/mol. The van der Waals surface area contributed by atoms with Crippen molar-refractivity contribution in [2.24, 2.45) is 5.92 Å². The molecule has 11 heavy (non-hydrogen) atoms. The number of carbonyl (C=O) groups is 1. The SMILES string of the molecule is N#CC[C@H]1C[C@@H](CO)NC1=O. The zero-order valence-electron chi connectivity index (χ0n) is 6.08. The molecular weight excluding hydrogens is 144 g/mol. The van der Waals surface area contributed by atoms with Crippen molar-refractivity contribution in [2.75, 3.05) is 6.61 Å². The molecule has 1 rings (SSSR count). The third kappa shape index (κ3) is 1.69. The van der Waals surface area contributed by atoms with Gasteiger partial charge in [-0.2, -0.15) is 5.26 Å². The average molecular weight is 154 g/mol. The monoisotopic (exact) mass is 154 g/mol. The molecule has 0 aromatic rings. The van der Waals surface area contributed by atoms with Gasteiger partial charge in [-0.25, -0.2) is 0 Å². The first-order valence-electron chi connectivity index (χ1n) is 3.56. The Labute approximate surface area is 64.8 Å². The van der Waals surface area contributed by atoms with Crippen molar-refractivity contribution >= 4 is 5.91 Å². The molecule has 2 N–H and O–H groups in total. The highest BCUT2D eigenvalue weighted by molar-refractivity contribution is 5.81. The van der Waals surface area contributed by atoms with Crippen LogP contribution in [0.3, 0.4) is 0 Å². The summed E-state index contributed by atoms with van der Waals surface area (Å²) in [5, 5.41) is 19.6. The van der Waals surface area contributed by atoms with Crippen LogP contribution in [0, 0.1) is 17.2 Å². The van der Waals surface area contributed by atoms with Crippen molar-refractivity contribution in [3.63, 3.8) is 0 Å². The number of nitriles is 1. The Morgan fingerprint density at radius 3 is 3.00 bits per heavy atom. The van der Waals surface area contributed by atoms with Gasteiger partial charge in [0.2, 0.25) is 5.91 Å². The molecule has 0 aliphatic carbocycles. The van der Waals surface area contributed by atoms with Crippen molar-refractivity contribution in [1.82, 2.24) is 5.32 Å². The minimum atomic E-state index is -0.211. The van der Waals surface area contributed by atoms with Crippen LogP contribution in [0.4, 0.5) is 0 Å². The maximum Gasteiger partial charge on any atom is 0.224 e. The second kappa shape index (κ2) is 3.35. The number of amides is 1. The van der Waals surface area contributed by atoms with E-state index in [0.29, 0.717) is 6.42 Å². The van der Waals surface area contributed by atoms with Gasteiger partial charge in [-0.3, -0.25) is 4.79 Å². The fourth-order valence-corrected chi connectivity index (χ4v) is 1.23. The Balaban J connectivity index is 2.46. The van der Waals surface area contributed by atoms with Crippen LogP contribution in [-0.4, -0.2) is 23.7 Å². The van der Waals surface area contributed by atoms with Gasteiger partial charge in [-0.1, -0.05) is 0 Å². The van der Waals surface area contributed by atoms with Crippen LogP contribution in [0.2, 0.25) is 0 Å². The second-order valence-electron chi connectivity index (χ2n) is 2.68. The molecule has 4 nitrogen and oxygen atoms in total. The van der Waals surface area contributed by atoms with E-state index in [1.165, 1.54) is 0 Å². The quantitative estimate of drug-likeness (QED) is 0.557. The zero-order chi connectivity index (χ0) is 8.27. The molecule has 0 spiro atoms. The molecule has 1 heterocycles. The molecule has 1 saturated heterocycles. The predicted octanol–water partition coefficient (Wildman–Crippen LogP) is -0.603. The fourth-order valence-electron chi connectivity index (χ4n) is 1.23. The molecule has 0 unspecified atom stereocenters. The molecular formula is C7H10N2O2. The summed E-state index contributed by atoms with van der Waals surface area (Å²) in [5.41, 5.74) is 0. The van der Waals surface area contributed by atoms with E-state index in [1.807, 2.05) is 6.07 Å². The average Bonchev–Trinajstić information content (AvgIpc) is 2.33. The maximum absolute atomic E-state index is 11.0. The summed E-state index contributed by atoms with van der Waals surface area (Å²) in [6.45, 7) is -0.0341. The molecule has 1 aliphatic rings. The van der Waals surface area contributed by atoms with Crippen molar-refractivity contribution in [3.8, 4) is 6.07 Å². The van der Waals surface area contributed by atoms with Gasteiger partial charge in [0.1, 0.15) is 0 Å². The number of hydrogen-bond donors (Lipinski definition) is 2. The number of rotatable bonds is 2. The first kappa shape index (κ1) is 8.02. The Hall–Kier alpha value is -1.08. The molecule has 2 atom stereocenters. The molecule has 60 valence electrons. The highest BCUT2D eigenvalue weighted by atomic mass is 16.3. The van der Waals surface area contributed by atoms with Gasteiger partial charge < -0.3 is 10.4 Å². The summed E-state index contributed by atoms with van der Waals surface area (Å²) in [6, 6.07) is 1.80. The molecule has 0 saturated carbocycles. The van der Waals surface area contributed by atoms with E-state index in [9.17, 15) is 4.79 Å². The van der Waals surface area contributed by atoms with E-state index in [-0.39, 0.29) is 30.9 Å². The van der Waals surface area contributed by atoms with Crippen molar-refractivity contribution in [1.29, 1.82) is 5.26 Å². The van der Waals surface area contributed by atoms with E-state index in [1.54, 1.807) is 0 Å². The normalized spacial score (nSPS) is 29.6. The lowest BCUT2D eigenvalue weighted by Crippen LogP contribution is -2.28. The molecule has 0 aromatic heterocycles. The van der Waals surface area contributed by atoms with E-state index in [0.717, 1.165) is 0 Å². The fraction of sp³-hybridized carbons (Fsp3) is 0.714. The Kier molecular flexibility index (Phi) is 2.44. The summed E-state index contributed by atoms with van der Waals surface area (Å²) >= 11 is 0. The highest BCUT2D eigenvalue weighted by Gasteiger charge is 2.30. The van der Waals surface area contributed by atoms with Gasteiger partial charge in [0.15, 0.2) is 0 Å². The van der Waals surface area contributed by atoms with Crippen LogP contribution in [0.15, 0.2) is 0 Å². The van der Waals surface area contributed by atoms with Crippen LogP contribution in [0.25, 0.3) is 0 Å². The van der Waals surface area contributed by atoms with Gasteiger partial charge >= 0.3 is 0 Å². The van der Waals surface area contributed by atoms with Crippen molar-refractivity contribution < 1.29 is 9.90 Å². The molecule has 1 fully saturated rings. The second-order valence-corrected chi connectivity index (χ2v) is 2.68. The van der Waals surface area contributed by atoms with E-state index in [2.05, 4.69) is 5.32 Å². The van der Waals surface area contributed by atoms with Gasteiger partial charge in [0.05, 0.1) is 24.6 Å². The van der Waals surface area contributed by atoms with Crippen LogP contribution in [0.1, 0.15) is 12.8 Å². The van der Waals surface area contributed by atoms with E-state index in [4.69, 9.17) is 10.4 Å². The van der Waals surface area contributed by atoms with Gasteiger partial charge in [0, 0.05) is 6.42 Å². The Morgan fingerprint density at radius 1 is 1.82 bits per heavy atom. The minimum Gasteiger partial charge on any atom is -0.394 e.